The summed E-state index contributed by atoms with van der Waals surface area (Å²) in [5.74, 6) is 1.40. The number of hydrogen-bond donors (Lipinski definition) is 1. The zero-order valence-electron chi connectivity index (χ0n) is 12.8. The van der Waals surface area contributed by atoms with Gasteiger partial charge in [0.25, 0.3) is 0 Å². The molecular formula is C17H28N2. The van der Waals surface area contributed by atoms with Crippen LogP contribution < -0.4 is 5.32 Å². The monoisotopic (exact) mass is 260 g/mol. The molecule has 1 aromatic rings. The number of benzene rings is 1. The summed E-state index contributed by atoms with van der Waals surface area (Å²) >= 11 is 0. The second-order valence-corrected chi connectivity index (χ2v) is 6.49. The summed E-state index contributed by atoms with van der Waals surface area (Å²) < 4.78 is 0. The smallest absolute Gasteiger partial charge is 0.0247 e. The van der Waals surface area contributed by atoms with Gasteiger partial charge in [0.05, 0.1) is 0 Å². The van der Waals surface area contributed by atoms with Gasteiger partial charge in [0, 0.05) is 31.7 Å². The van der Waals surface area contributed by atoms with Crippen LogP contribution in [0.2, 0.25) is 0 Å². The van der Waals surface area contributed by atoms with Crippen LogP contribution >= 0.6 is 0 Å². The first-order chi connectivity index (χ1) is 9.08. The molecule has 1 heterocycles. The molecule has 0 bridgehead atoms. The predicted molar refractivity (Wildman–Crippen MR) is 82.1 cm³/mol. The average molecular weight is 260 g/mol. The SMILES string of the molecule is CC(C)[C@H]1CN(Cc2ccccc2)[C@H](C(C)C)CN1. The average Bonchev–Trinajstić information content (AvgIpc) is 2.39. The molecule has 0 radical (unpaired) electrons. The predicted octanol–water partition coefficient (Wildman–Crippen LogP) is 3.14. The van der Waals surface area contributed by atoms with E-state index in [0.717, 1.165) is 19.6 Å². The molecule has 0 unspecified atom stereocenters. The third-order valence-corrected chi connectivity index (χ3v) is 4.29. The quantitative estimate of drug-likeness (QED) is 0.894. The molecule has 0 aliphatic carbocycles. The third-order valence-electron chi connectivity index (χ3n) is 4.29. The highest BCUT2D eigenvalue weighted by Crippen LogP contribution is 2.20. The lowest BCUT2D eigenvalue weighted by Crippen LogP contribution is -2.59. The van der Waals surface area contributed by atoms with Gasteiger partial charge in [-0.15, -0.1) is 0 Å². The second-order valence-electron chi connectivity index (χ2n) is 6.49. The first kappa shape index (κ1) is 14.5. The lowest BCUT2D eigenvalue weighted by molar-refractivity contribution is 0.0784. The molecule has 1 aliphatic heterocycles. The van der Waals surface area contributed by atoms with Crippen molar-refractivity contribution in [2.45, 2.75) is 46.3 Å². The highest BCUT2D eigenvalue weighted by atomic mass is 15.2. The van der Waals surface area contributed by atoms with Crippen molar-refractivity contribution in [1.82, 2.24) is 10.2 Å². The van der Waals surface area contributed by atoms with Crippen LogP contribution in [-0.2, 0) is 6.54 Å². The Balaban J connectivity index is 2.07. The van der Waals surface area contributed by atoms with Gasteiger partial charge in [-0.3, -0.25) is 4.90 Å². The van der Waals surface area contributed by atoms with Crippen LogP contribution in [-0.4, -0.2) is 30.1 Å². The van der Waals surface area contributed by atoms with E-state index in [0.29, 0.717) is 23.9 Å². The minimum Gasteiger partial charge on any atom is -0.311 e. The van der Waals surface area contributed by atoms with E-state index in [4.69, 9.17) is 0 Å². The molecule has 1 fully saturated rings. The molecule has 19 heavy (non-hydrogen) atoms. The van der Waals surface area contributed by atoms with Gasteiger partial charge >= 0.3 is 0 Å². The maximum Gasteiger partial charge on any atom is 0.0247 e. The van der Waals surface area contributed by atoms with Crippen LogP contribution in [0.4, 0.5) is 0 Å². The number of nitrogens with zero attached hydrogens (tertiary/aromatic N) is 1. The lowest BCUT2D eigenvalue weighted by Gasteiger charge is -2.43. The van der Waals surface area contributed by atoms with E-state index in [1.807, 2.05) is 0 Å². The van der Waals surface area contributed by atoms with Crippen LogP contribution in [0.3, 0.4) is 0 Å². The number of rotatable bonds is 4. The Labute approximate surface area is 118 Å². The molecule has 2 heteroatoms. The molecule has 2 nitrogen and oxygen atoms in total. The van der Waals surface area contributed by atoms with Crippen LogP contribution in [0, 0.1) is 11.8 Å². The van der Waals surface area contributed by atoms with E-state index >= 15 is 0 Å². The fourth-order valence-electron chi connectivity index (χ4n) is 2.96. The maximum absolute atomic E-state index is 3.72. The number of hydrogen-bond acceptors (Lipinski definition) is 2. The molecule has 2 atom stereocenters. The molecular weight excluding hydrogens is 232 g/mol. The summed E-state index contributed by atoms with van der Waals surface area (Å²) in [5.41, 5.74) is 1.43. The molecule has 0 amide bonds. The molecule has 1 saturated heterocycles. The largest absolute Gasteiger partial charge is 0.311 e. The van der Waals surface area contributed by atoms with E-state index in [9.17, 15) is 0 Å². The molecule has 1 aliphatic rings. The first-order valence-corrected chi connectivity index (χ1v) is 7.59. The van der Waals surface area contributed by atoms with Gasteiger partial charge in [-0.1, -0.05) is 58.0 Å². The third kappa shape index (κ3) is 3.80. The fraction of sp³-hybridized carbons (Fsp3) is 0.647. The summed E-state index contributed by atoms with van der Waals surface area (Å²) in [7, 11) is 0. The summed E-state index contributed by atoms with van der Waals surface area (Å²) in [5, 5.41) is 3.72. The molecule has 1 N–H and O–H groups in total. The standard InChI is InChI=1S/C17H28N2/c1-13(2)16-12-19(17(10-18-16)14(3)4)11-15-8-6-5-7-9-15/h5-9,13-14,16-18H,10-12H2,1-4H3/t16-,17+/m1/s1. The van der Waals surface area contributed by atoms with Crippen molar-refractivity contribution in [1.29, 1.82) is 0 Å². The Morgan fingerprint density at radius 2 is 1.79 bits per heavy atom. The lowest BCUT2D eigenvalue weighted by atomic mass is 9.94. The van der Waals surface area contributed by atoms with Crippen molar-refractivity contribution >= 4 is 0 Å². The normalized spacial score (nSPS) is 25.2. The Morgan fingerprint density at radius 1 is 1.11 bits per heavy atom. The Kier molecular flexibility index (Phi) is 5.00. The fourth-order valence-corrected chi connectivity index (χ4v) is 2.96. The molecule has 2 rings (SSSR count). The van der Waals surface area contributed by atoms with Crippen molar-refractivity contribution < 1.29 is 0 Å². The maximum atomic E-state index is 3.72. The van der Waals surface area contributed by atoms with Crippen molar-refractivity contribution in [2.24, 2.45) is 11.8 Å². The van der Waals surface area contributed by atoms with E-state index in [1.165, 1.54) is 5.56 Å². The highest BCUT2D eigenvalue weighted by Gasteiger charge is 2.30. The van der Waals surface area contributed by atoms with Gasteiger partial charge in [-0.25, -0.2) is 0 Å². The van der Waals surface area contributed by atoms with Gasteiger partial charge in [0.2, 0.25) is 0 Å². The van der Waals surface area contributed by atoms with Gasteiger partial charge in [0.1, 0.15) is 0 Å². The van der Waals surface area contributed by atoms with Crippen LogP contribution in [0.5, 0.6) is 0 Å². The molecule has 0 saturated carbocycles. The molecule has 0 spiro atoms. The zero-order chi connectivity index (χ0) is 13.8. The van der Waals surface area contributed by atoms with Crippen molar-refractivity contribution in [2.75, 3.05) is 13.1 Å². The van der Waals surface area contributed by atoms with E-state index in [1.54, 1.807) is 0 Å². The van der Waals surface area contributed by atoms with Gasteiger partial charge < -0.3 is 5.32 Å². The molecule has 106 valence electrons. The van der Waals surface area contributed by atoms with Gasteiger partial charge in [-0.05, 0) is 17.4 Å². The van der Waals surface area contributed by atoms with E-state index in [-0.39, 0.29) is 0 Å². The molecule has 1 aromatic carbocycles. The zero-order valence-corrected chi connectivity index (χ0v) is 12.8. The summed E-state index contributed by atoms with van der Waals surface area (Å²) in [6, 6.07) is 12.1. The van der Waals surface area contributed by atoms with E-state index in [2.05, 4.69) is 68.2 Å². The summed E-state index contributed by atoms with van der Waals surface area (Å²) in [6.45, 7) is 12.7. The van der Waals surface area contributed by atoms with Crippen LogP contribution in [0.1, 0.15) is 33.3 Å². The second kappa shape index (κ2) is 6.53. The van der Waals surface area contributed by atoms with Gasteiger partial charge in [-0.2, -0.15) is 0 Å². The Morgan fingerprint density at radius 3 is 2.37 bits per heavy atom. The molecule has 0 aromatic heterocycles. The minimum absolute atomic E-state index is 0.624. The Hall–Kier alpha value is -0.860. The van der Waals surface area contributed by atoms with Gasteiger partial charge in [0.15, 0.2) is 0 Å². The number of nitrogens with one attached hydrogen (secondary N) is 1. The summed E-state index contributed by atoms with van der Waals surface area (Å²) in [4.78, 5) is 2.67. The van der Waals surface area contributed by atoms with Crippen molar-refractivity contribution in [3.63, 3.8) is 0 Å². The highest BCUT2D eigenvalue weighted by molar-refractivity contribution is 5.15. The minimum atomic E-state index is 0.624. The Bertz CT molecular complexity index is 372. The number of piperazine rings is 1. The summed E-state index contributed by atoms with van der Waals surface area (Å²) in [6.07, 6.45) is 0. The van der Waals surface area contributed by atoms with Crippen molar-refractivity contribution in [3.05, 3.63) is 35.9 Å². The van der Waals surface area contributed by atoms with Crippen LogP contribution in [0.25, 0.3) is 0 Å². The van der Waals surface area contributed by atoms with Crippen molar-refractivity contribution in [3.8, 4) is 0 Å². The van der Waals surface area contributed by atoms with E-state index < -0.39 is 0 Å². The first-order valence-electron chi connectivity index (χ1n) is 7.59. The topological polar surface area (TPSA) is 15.3 Å². The van der Waals surface area contributed by atoms with Crippen LogP contribution in [0.15, 0.2) is 30.3 Å².